The molecule has 1 aliphatic heterocycles. The molecule has 3 aromatic carbocycles. The van der Waals surface area contributed by atoms with Crippen LogP contribution >= 0.6 is 0 Å². The summed E-state index contributed by atoms with van der Waals surface area (Å²) in [6.07, 6.45) is 0.826. The molecule has 4 rings (SSSR count). The third-order valence-corrected chi connectivity index (χ3v) is 5.08. The molecular weight excluding hydrogens is 324 g/mol. The summed E-state index contributed by atoms with van der Waals surface area (Å²) in [6, 6.07) is 23.2. The highest BCUT2D eigenvalue weighted by Gasteiger charge is 2.39. The van der Waals surface area contributed by atoms with E-state index in [2.05, 4.69) is 13.0 Å². The second-order valence-corrected chi connectivity index (χ2v) is 6.53. The topological polar surface area (TPSA) is 46.5 Å². The van der Waals surface area contributed by atoms with Crippen molar-refractivity contribution in [3.05, 3.63) is 95.1 Å². The quantitative estimate of drug-likeness (QED) is 0.693. The molecule has 26 heavy (non-hydrogen) atoms. The molecule has 0 aromatic heterocycles. The fraction of sp³-hybridized carbons (Fsp3) is 0.174. The normalized spacial score (nSPS) is 16.1. The molecule has 0 saturated carbocycles. The molecule has 1 N–H and O–H groups in total. The minimum absolute atomic E-state index is 0.286. The van der Waals surface area contributed by atoms with Crippen LogP contribution < -0.4 is 4.74 Å². The molecule has 3 nitrogen and oxygen atoms in total. The molecule has 0 saturated heterocycles. The molecule has 3 aromatic rings. The second-order valence-electron chi connectivity index (χ2n) is 6.53. The number of carboxylic acid groups (broad SMARTS) is 1. The van der Waals surface area contributed by atoms with E-state index in [4.69, 9.17) is 4.74 Å². The summed E-state index contributed by atoms with van der Waals surface area (Å²) in [4.78, 5) is 12.4. The first-order chi connectivity index (χ1) is 12.7. The Morgan fingerprint density at radius 2 is 1.65 bits per heavy atom. The maximum absolute atomic E-state index is 12.4. The van der Waals surface area contributed by atoms with Gasteiger partial charge >= 0.3 is 5.97 Å². The molecule has 130 valence electrons. The summed E-state index contributed by atoms with van der Waals surface area (Å²) in [5.41, 5.74) is 3.85. The van der Waals surface area contributed by atoms with Crippen LogP contribution in [0.1, 0.15) is 41.0 Å². The minimum atomic E-state index is -0.824. The van der Waals surface area contributed by atoms with Gasteiger partial charge in [0.05, 0.1) is 5.92 Å². The van der Waals surface area contributed by atoms with Gasteiger partial charge in [-0.3, -0.25) is 4.79 Å². The van der Waals surface area contributed by atoms with Gasteiger partial charge in [0, 0.05) is 17.0 Å². The van der Waals surface area contributed by atoms with Gasteiger partial charge in [0.1, 0.15) is 11.5 Å². The zero-order valence-corrected chi connectivity index (χ0v) is 14.6. The lowest BCUT2D eigenvalue weighted by atomic mass is 9.74. The zero-order chi connectivity index (χ0) is 18.1. The summed E-state index contributed by atoms with van der Waals surface area (Å²) in [6.45, 7) is 2.09. The van der Waals surface area contributed by atoms with Crippen molar-refractivity contribution < 1.29 is 14.6 Å². The van der Waals surface area contributed by atoms with E-state index in [0.717, 1.165) is 40.2 Å². The number of rotatable bonds is 4. The van der Waals surface area contributed by atoms with Gasteiger partial charge in [-0.1, -0.05) is 67.6 Å². The Labute approximate surface area is 152 Å². The monoisotopic (exact) mass is 344 g/mol. The average molecular weight is 344 g/mol. The van der Waals surface area contributed by atoms with E-state index in [1.165, 1.54) is 0 Å². The van der Waals surface area contributed by atoms with E-state index in [1.54, 1.807) is 0 Å². The molecule has 3 heteroatoms. The molecule has 0 bridgehead atoms. The van der Waals surface area contributed by atoms with Crippen LogP contribution in [0.15, 0.2) is 72.8 Å². The largest absolute Gasteiger partial charge is 0.481 e. The fourth-order valence-electron chi connectivity index (χ4n) is 3.93. The Kier molecular flexibility index (Phi) is 4.21. The van der Waals surface area contributed by atoms with E-state index >= 15 is 0 Å². The van der Waals surface area contributed by atoms with Gasteiger partial charge in [0.2, 0.25) is 0 Å². The van der Waals surface area contributed by atoms with Crippen molar-refractivity contribution in [3.63, 3.8) is 0 Å². The van der Waals surface area contributed by atoms with Crippen LogP contribution in [0.5, 0.6) is 11.5 Å². The number of hydrogen-bond acceptors (Lipinski definition) is 2. The Balaban J connectivity index is 1.99. The first-order valence-electron chi connectivity index (χ1n) is 8.87. The lowest BCUT2D eigenvalue weighted by molar-refractivity contribution is -0.139. The van der Waals surface area contributed by atoms with Crippen molar-refractivity contribution in [2.24, 2.45) is 0 Å². The van der Waals surface area contributed by atoms with Crippen LogP contribution in [0.4, 0.5) is 0 Å². The predicted molar refractivity (Wildman–Crippen MR) is 101 cm³/mol. The Morgan fingerprint density at radius 3 is 2.38 bits per heavy atom. The maximum atomic E-state index is 12.4. The molecule has 1 heterocycles. The number of aliphatic carboxylic acids is 1. The van der Waals surface area contributed by atoms with Crippen molar-refractivity contribution in [3.8, 4) is 11.5 Å². The third-order valence-electron chi connectivity index (χ3n) is 5.08. The maximum Gasteiger partial charge on any atom is 0.311 e. The van der Waals surface area contributed by atoms with Crippen molar-refractivity contribution in [2.75, 3.05) is 0 Å². The van der Waals surface area contributed by atoms with Gasteiger partial charge < -0.3 is 9.84 Å². The summed E-state index contributed by atoms with van der Waals surface area (Å²) in [7, 11) is 0. The smallest absolute Gasteiger partial charge is 0.311 e. The molecule has 1 aliphatic rings. The van der Waals surface area contributed by atoms with Crippen LogP contribution in [0.25, 0.3) is 0 Å². The highest BCUT2D eigenvalue weighted by molar-refractivity contribution is 5.80. The van der Waals surface area contributed by atoms with Gasteiger partial charge in [0.15, 0.2) is 0 Å². The van der Waals surface area contributed by atoms with E-state index < -0.39 is 11.9 Å². The summed E-state index contributed by atoms with van der Waals surface area (Å²) < 4.78 is 6.12. The first-order valence-corrected chi connectivity index (χ1v) is 8.87. The number of ether oxygens (including phenoxy) is 1. The van der Waals surface area contributed by atoms with Crippen LogP contribution in [0.3, 0.4) is 0 Å². The summed E-state index contributed by atoms with van der Waals surface area (Å²) in [5.74, 6) is -0.288. The van der Waals surface area contributed by atoms with Gasteiger partial charge in [0.25, 0.3) is 0 Å². The van der Waals surface area contributed by atoms with Crippen molar-refractivity contribution in [2.45, 2.75) is 25.2 Å². The van der Waals surface area contributed by atoms with Crippen LogP contribution in [0, 0.1) is 0 Å². The zero-order valence-electron chi connectivity index (χ0n) is 14.6. The number of benzene rings is 3. The Morgan fingerprint density at radius 1 is 0.962 bits per heavy atom. The van der Waals surface area contributed by atoms with Gasteiger partial charge in [-0.2, -0.15) is 0 Å². The molecule has 2 atom stereocenters. The number of fused-ring (bicyclic) bond motifs is 2. The molecule has 2 unspecified atom stereocenters. The van der Waals surface area contributed by atoms with Gasteiger partial charge in [-0.05, 0) is 29.7 Å². The molecule has 0 aliphatic carbocycles. The van der Waals surface area contributed by atoms with Crippen LogP contribution in [-0.2, 0) is 11.2 Å². The first kappa shape index (κ1) is 16.4. The van der Waals surface area contributed by atoms with Crippen LogP contribution in [0.2, 0.25) is 0 Å². The van der Waals surface area contributed by atoms with Gasteiger partial charge in [-0.15, -0.1) is 0 Å². The summed E-state index contributed by atoms with van der Waals surface area (Å²) >= 11 is 0. The third kappa shape index (κ3) is 2.66. The molecule has 0 amide bonds. The lowest BCUT2D eigenvalue weighted by Gasteiger charge is -2.33. The Bertz CT molecular complexity index is 947. The number of carbonyl (C=O) groups is 1. The molecule has 0 fully saturated rings. The number of aryl methyl sites for hydroxylation is 1. The molecular formula is C23H20O3. The number of carboxylic acids is 1. The highest BCUT2D eigenvalue weighted by Crippen LogP contribution is 2.51. The molecule has 0 radical (unpaired) electrons. The van der Waals surface area contributed by atoms with E-state index in [1.807, 2.05) is 66.7 Å². The average Bonchev–Trinajstić information content (AvgIpc) is 2.67. The Hall–Kier alpha value is -3.07. The van der Waals surface area contributed by atoms with E-state index in [-0.39, 0.29) is 5.92 Å². The van der Waals surface area contributed by atoms with E-state index in [0.29, 0.717) is 0 Å². The standard InChI is InChI=1S/C23H20O3/c1-2-15-11-8-14-19-20(15)22(17-12-6-7-13-18(17)26-19)21(23(24)25)16-9-4-3-5-10-16/h3-14,21-22H,2H2,1H3,(H,24,25). The number of para-hydroxylation sites is 1. The number of hydrogen-bond donors (Lipinski definition) is 1. The lowest BCUT2D eigenvalue weighted by Crippen LogP contribution is -2.25. The fourth-order valence-corrected chi connectivity index (χ4v) is 3.93. The molecule has 0 spiro atoms. The van der Waals surface area contributed by atoms with Crippen molar-refractivity contribution in [1.82, 2.24) is 0 Å². The second kappa shape index (κ2) is 6.68. The van der Waals surface area contributed by atoms with Gasteiger partial charge in [-0.25, -0.2) is 0 Å². The predicted octanol–water partition coefficient (Wildman–Crippen LogP) is 5.36. The highest BCUT2D eigenvalue weighted by atomic mass is 16.5. The summed E-state index contributed by atoms with van der Waals surface area (Å²) in [5, 5.41) is 10.2. The van der Waals surface area contributed by atoms with Crippen molar-refractivity contribution >= 4 is 5.97 Å². The minimum Gasteiger partial charge on any atom is -0.481 e. The van der Waals surface area contributed by atoms with E-state index in [9.17, 15) is 9.90 Å². The van der Waals surface area contributed by atoms with Crippen molar-refractivity contribution in [1.29, 1.82) is 0 Å². The van der Waals surface area contributed by atoms with Crippen LogP contribution in [-0.4, -0.2) is 11.1 Å². The SMILES string of the molecule is CCc1cccc2c1C(C(C(=O)O)c1ccccc1)c1ccccc1O2.